The maximum Gasteiger partial charge on any atom is 0.0555 e. The van der Waals surface area contributed by atoms with Crippen LogP contribution >= 0.6 is 11.3 Å². The molecule has 0 fully saturated rings. The molecule has 0 aliphatic carbocycles. The van der Waals surface area contributed by atoms with Gasteiger partial charge in [0.1, 0.15) is 0 Å². The van der Waals surface area contributed by atoms with Crippen LogP contribution in [0.1, 0.15) is 0 Å². The Labute approximate surface area is 319 Å². The third kappa shape index (κ3) is 5.84. The topological polar surface area (TPSA) is 3.24 Å². The molecule has 0 bridgehead atoms. The molecule has 0 saturated carbocycles. The first-order valence-corrected chi connectivity index (χ1v) is 19.2. The molecule has 0 aliphatic rings. The van der Waals surface area contributed by atoms with E-state index in [4.69, 9.17) is 0 Å². The molecule has 0 saturated heterocycles. The number of fused-ring (bicyclic) bond motifs is 4. The molecular formula is C52H35NS. The minimum Gasteiger partial charge on any atom is -0.309 e. The largest absolute Gasteiger partial charge is 0.309 e. The van der Waals surface area contributed by atoms with Crippen molar-refractivity contribution in [1.82, 2.24) is 0 Å². The highest BCUT2D eigenvalue weighted by atomic mass is 32.1. The molecule has 0 aliphatic heterocycles. The van der Waals surface area contributed by atoms with Crippen molar-refractivity contribution < 1.29 is 0 Å². The summed E-state index contributed by atoms with van der Waals surface area (Å²) in [5, 5.41) is 5.07. The van der Waals surface area contributed by atoms with E-state index in [1.165, 1.54) is 81.1 Å². The quantitative estimate of drug-likeness (QED) is 0.160. The van der Waals surface area contributed by atoms with Crippen molar-refractivity contribution in [3.05, 3.63) is 212 Å². The lowest BCUT2D eigenvalue weighted by Gasteiger charge is -2.29. The Hall–Kier alpha value is -6.74. The third-order valence-electron chi connectivity index (χ3n) is 10.5. The molecule has 1 nitrogen and oxygen atoms in total. The Morgan fingerprint density at radius 2 is 0.852 bits per heavy atom. The fraction of sp³-hybridized carbons (Fsp3) is 0. The maximum atomic E-state index is 2.46. The van der Waals surface area contributed by atoms with E-state index in [9.17, 15) is 0 Å². The summed E-state index contributed by atoms with van der Waals surface area (Å²) in [4.78, 5) is 2.46. The van der Waals surface area contributed by atoms with Crippen LogP contribution in [0.2, 0.25) is 0 Å². The molecule has 10 rings (SSSR count). The molecule has 0 amide bonds. The van der Waals surface area contributed by atoms with E-state index in [1.54, 1.807) is 0 Å². The van der Waals surface area contributed by atoms with Crippen molar-refractivity contribution in [2.75, 3.05) is 4.90 Å². The summed E-state index contributed by atoms with van der Waals surface area (Å²) in [6.07, 6.45) is 0. The van der Waals surface area contributed by atoms with E-state index < -0.39 is 0 Å². The van der Waals surface area contributed by atoms with Gasteiger partial charge in [-0.1, -0.05) is 158 Å². The first-order chi connectivity index (χ1) is 26.8. The van der Waals surface area contributed by atoms with E-state index in [0.29, 0.717) is 0 Å². The number of nitrogens with zero attached hydrogens (tertiary/aromatic N) is 1. The number of hydrogen-bond donors (Lipinski definition) is 0. The Balaban J connectivity index is 1.11. The first-order valence-electron chi connectivity index (χ1n) is 18.4. The molecule has 1 aromatic heterocycles. The molecule has 0 atom stereocenters. The maximum absolute atomic E-state index is 2.46. The second kappa shape index (κ2) is 13.7. The molecule has 10 aromatic rings. The number of para-hydroxylation sites is 1. The van der Waals surface area contributed by atoms with Crippen molar-refractivity contribution in [3.8, 4) is 44.5 Å². The Morgan fingerprint density at radius 1 is 0.315 bits per heavy atom. The van der Waals surface area contributed by atoms with Crippen LogP contribution in [0.4, 0.5) is 17.1 Å². The van der Waals surface area contributed by atoms with Crippen molar-refractivity contribution >= 4 is 59.3 Å². The standard InChI is InChI=1S/C52H35NS/c1-2-13-36(14-3-1)41-18-11-20-44(35-41)46-21-6-8-23-48(46)53(49-24-12-26-51-52(49)47-22-7-9-25-50(47)54-51)45-31-29-38(30-32-45)40-17-10-19-42(33-40)43-28-27-37-15-4-5-16-39(37)34-43/h1-35H. The average Bonchev–Trinajstić information content (AvgIpc) is 3.64. The van der Waals surface area contributed by atoms with Crippen LogP contribution < -0.4 is 4.90 Å². The lowest BCUT2D eigenvalue weighted by atomic mass is 9.96. The van der Waals surface area contributed by atoms with Gasteiger partial charge in [-0.05, 0) is 104 Å². The normalized spacial score (nSPS) is 11.3. The fourth-order valence-electron chi connectivity index (χ4n) is 7.81. The van der Waals surface area contributed by atoms with Crippen LogP contribution in [0, 0.1) is 0 Å². The van der Waals surface area contributed by atoms with Gasteiger partial charge in [0, 0.05) is 31.4 Å². The lowest BCUT2D eigenvalue weighted by Crippen LogP contribution is -2.11. The van der Waals surface area contributed by atoms with Crippen LogP contribution in [0.25, 0.3) is 75.5 Å². The number of hydrogen-bond acceptors (Lipinski definition) is 2. The first kappa shape index (κ1) is 32.0. The molecule has 9 aromatic carbocycles. The zero-order chi connectivity index (χ0) is 35.8. The van der Waals surface area contributed by atoms with Crippen LogP contribution in [-0.2, 0) is 0 Å². The van der Waals surface area contributed by atoms with Gasteiger partial charge >= 0.3 is 0 Å². The summed E-state index contributed by atoms with van der Waals surface area (Å²) < 4.78 is 2.58. The molecule has 2 heteroatoms. The third-order valence-corrected chi connectivity index (χ3v) is 11.6. The average molecular weight is 706 g/mol. The van der Waals surface area contributed by atoms with Gasteiger partial charge in [-0.3, -0.25) is 0 Å². The van der Waals surface area contributed by atoms with E-state index in [0.717, 1.165) is 11.4 Å². The summed E-state index contributed by atoms with van der Waals surface area (Å²) in [6, 6.07) is 77.2. The van der Waals surface area contributed by atoms with Crippen LogP contribution in [0.15, 0.2) is 212 Å². The molecule has 0 spiro atoms. The van der Waals surface area contributed by atoms with Crippen LogP contribution in [-0.4, -0.2) is 0 Å². The summed E-state index contributed by atoms with van der Waals surface area (Å²) in [5.74, 6) is 0. The van der Waals surface area contributed by atoms with Gasteiger partial charge in [0.25, 0.3) is 0 Å². The molecule has 0 N–H and O–H groups in total. The van der Waals surface area contributed by atoms with Crippen LogP contribution in [0.3, 0.4) is 0 Å². The van der Waals surface area contributed by atoms with Crippen molar-refractivity contribution in [3.63, 3.8) is 0 Å². The van der Waals surface area contributed by atoms with Gasteiger partial charge in [0.05, 0.1) is 11.4 Å². The van der Waals surface area contributed by atoms with E-state index >= 15 is 0 Å². The molecule has 0 unspecified atom stereocenters. The molecule has 0 radical (unpaired) electrons. The van der Waals surface area contributed by atoms with Crippen molar-refractivity contribution in [2.24, 2.45) is 0 Å². The van der Waals surface area contributed by atoms with E-state index in [2.05, 4.69) is 217 Å². The zero-order valence-electron chi connectivity index (χ0n) is 29.6. The fourth-order valence-corrected chi connectivity index (χ4v) is 8.94. The highest BCUT2D eigenvalue weighted by molar-refractivity contribution is 7.26. The van der Waals surface area contributed by atoms with Gasteiger partial charge in [0.2, 0.25) is 0 Å². The highest BCUT2D eigenvalue weighted by Gasteiger charge is 2.21. The van der Waals surface area contributed by atoms with Gasteiger partial charge in [-0.2, -0.15) is 0 Å². The van der Waals surface area contributed by atoms with E-state index in [1.807, 2.05) is 11.3 Å². The number of anilines is 3. The number of benzene rings is 9. The smallest absolute Gasteiger partial charge is 0.0555 e. The monoisotopic (exact) mass is 705 g/mol. The molecule has 54 heavy (non-hydrogen) atoms. The van der Waals surface area contributed by atoms with Gasteiger partial charge in [-0.25, -0.2) is 0 Å². The molecule has 1 heterocycles. The molecule has 254 valence electrons. The number of rotatable bonds is 7. The Kier molecular flexibility index (Phi) is 8.09. The Bertz CT molecular complexity index is 2940. The van der Waals surface area contributed by atoms with Gasteiger partial charge in [0.15, 0.2) is 0 Å². The predicted octanol–water partition coefficient (Wildman–Crippen LogP) is 15.3. The van der Waals surface area contributed by atoms with Crippen molar-refractivity contribution in [1.29, 1.82) is 0 Å². The Morgan fingerprint density at radius 3 is 1.69 bits per heavy atom. The lowest BCUT2D eigenvalue weighted by molar-refractivity contribution is 1.30. The van der Waals surface area contributed by atoms with Gasteiger partial charge < -0.3 is 4.90 Å². The van der Waals surface area contributed by atoms with Crippen LogP contribution in [0.5, 0.6) is 0 Å². The van der Waals surface area contributed by atoms with Crippen molar-refractivity contribution in [2.45, 2.75) is 0 Å². The summed E-state index contributed by atoms with van der Waals surface area (Å²) in [7, 11) is 0. The summed E-state index contributed by atoms with van der Waals surface area (Å²) >= 11 is 1.86. The minimum atomic E-state index is 1.11. The zero-order valence-corrected chi connectivity index (χ0v) is 30.4. The second-order valence-corrected chi connectivity index (χ2v) is 14.8. The van der Waals surface area contributed by atoms with E-state index in [-0.39, 0.29) is 0 Å². The van der Waals surface area contributed by atoms with Gasteiger partial charge in [-0.15, -0.1) is 11.3 Å². The molecular weight excluding hydrogens is 671 g/mol. The highest BCUT2D eigenvalue weighted by Crippen LogP contribution is 2.47. The second-order valence-electron chi connectivity index (χ2n) is 13.7. The predicted molar refractivity (Wildman–Crippen MR) is 233 cm³/mol. The summed E-state index contributed by atoms with van der Waals surface area (Å²) in [6.45, 7) is 0. The SMILES string of the molecule is c1ccc(-c2cccc(-c3ccccc3N(c3ccc(-c4cccc(-c5ccc6ccccc6c5)c4)cc3)c3cccc4sc5ccccc5c34)c2)cc1. The minimum absolute atomic E-state index is 1.11. The summed E-state index contributed by atoms with van der Waals surface area (Å²) in [5.41, 5.74) is 13.0. The number of thiophene rings is 1.